The van der Waals surface area contributed by atoms with Crippen LogP contribution in [-0.2, 0) is 5.60 Å². The molecule has 0 amide bonds. The minimum atomic E-state index is -1.13. The second-order valence-corrected chi connectivity index (χ2v) is 7.00. The number of hydrogen-bond donors (Lipinski definition) is 1. The number of ether oxygens (including phenoxy) is 1. The van der Waals surface area contributed by atoms with Crippen molar-refractivity contribution in [3.63, 3.8) is 0 Å². The molecule has 1 unspecified atom stereocenters. The van der Waals surface area contributed by atoms with Crippen molar-refractivity contribution in [3.8, 4) is 17.0 Å². The number of aromatic nitrogens is 1. The highest BCUT2D eigenvalue weighted by atomic mass is 32.1. The van der Waals surface area contributed by atoms with Crippen LogP contribution in [0.25, 0.3) is 11.3 Å². The van der Waals surface area contributed by atoms with Gasteiger partial charge in [0.1, 0.15) is 16.4 Å². The summed E-state index contributed by atoms with van der Waals surface area (Å²) in [4.78, 5) is 4.68. The fraction of sp³-hybridized carbons (Fsp3) is 0.250. The van der Waals surface area contributed by atoms with Gasteiger partial charge in [-0.15, -0.1) is 11.3 Å². The molecule has 3 rings (SSSR count). The molecule has 4 heteroatoms. The van der Waals surface area contributed by atoms with E-state index >= 15 is 0 Å². The van der Waals surface area contributed by atoms with Crippen LogP contribution in [0.2, 0.25) is 0 Å². The van der Waals surface area contributed by atoms with E-state index < -0.39 is 5.60 Å². The average molecular weight is 339 g/mol. The molecule has 1 aromatic heterocycles. The van der Waals surface area contributed by atoms with E-state index in [0.29, 0.717) is 5.01 Å². The summed E-state index contributed by atoms with van der Waals surface area (Å²) in [6.45, 7) is 5.97. The highest BCUT2D eigenvalue weighted by Crippen LogP contribution is 2.34. The molecule has 0 saturated carbocycles. The van der Waals surface area contributed by atoms with Crippen LogP contribution in [0.1, 0.15) is 28.6 Å². The van der Waals surface area contributed by atoms with Crippen LogP contribution < -0.4 is 4.74 Å². The van der Waals surface area contributed by atoms with Gasteiger partial charge < -0.3 is 9.84 Å². The van der Waals surface area contributed by atoms with Crippen molar-refractivity contribution in [1.29, 1.82) is 0 Å². The lowest BCUT2D eigenvalue weighted by Gasteiger charge is -2.21. The maximum Gasteiger partial charge on any atom is 0.138 e. The zero-order valence-corrected chi connectivity index (χ0v) is 15.1. The predicted octanol–water partition coefficient (Wildman–Crippen LogP) is 4.69. The van der Waals surface area contributed by atoms with Gasteiger partial charge >= 0.3 is 0 Å². The number of benzene rings is 2. The monoisotopic (exact) mass is 339 g/mol. The fourth-order valence-electron chi connectivity index (χ4n) is 2.57. The Hall–Kier alpha value is -2.17. The number of methoxy groups -OCH3 is 1. The van der Waals surface area contributed by atoms with Gasteiger partial charge in [0.15, 0.2) is 0 Å². The molecule has 3 aromatic rings. The quantitative estimate of drug-likeness (QED) is 0.750. The third kappa shape index (κ3) is 3.07. The van der Waals surface area contributed by atoms with Crippen molar-refractivity contribution < 1.29 is 9.84 Å². The Morgan fingerprint density at radius 3 is 2.38 bits per heavy atom. The summed E-state index contributed by atoms with van der Waals surface area (Å²) in [7, 11) is 1.63. The van der Waals surface area contributed by atoms with E-state index in [9.17, 15) is 5.11 Å². The lowest BCUT2D eigenvalue weighted by atomic mass is 9.96. The lowest BCUT2D eigenvalue weighted by molar-refractivity contribution is 0.102. The van der Waals surface area contributed by atoms with Gasteiger partial charge in [0.2, 0.25) is 0 Å². The molecule has 24 heavy (non-hydrogen) atoms. The van der Waals surface area contributed by atoms with Crippen LogP contribution in [0.3, 0.4) is 0 Å². The average Bonchev–Trinajstić information content (AvgIpc) is 3.08. The molecule has 0 aliphatic heterocycles. The molecular weight excluding hydrogens is 318 g/mol. The molecule has 3 nitrogen and oxygen atoms in total. The number of aliphatic hydroxyl groups is 1. The Balaban J connectivity index is 1.94. The minimum Gasteiger partial charge on any atom is -0.497 e. The predicted molar refractivity (Wildman–Crippen MR) is 98.7 cm³/mol. The number of hydrogen-bond acceptors (Lipinski definition) is 4. The number of thiazole rings is 1. The van der Waals surface area contributed by atoms with E-state index in [0.717, 1.165) is 22.6 Å². The zero-order valence-electron chi connectivity index (χ0n) is 14.3. The maximum absolute atomic E-state index is 11.0. The van der Waals surface area contributed by atoms with Crippen molar-refractivity contribution >= 4 is 11.3 Å². The van der Waals surface area contributed by atoms with Gasteiger partial charge in [-0.05, 0) is 55.7 Å². The normalized spacial score (nSPS) is 13.5. The first-order valence-electron chi connectivity index (χ1n) is 7.82. The van der Waals surface area contributed by atoms with Crippen LogP contribution in [0, 0.1) is 13.8 Å². The van der Waals surface area contributed by atoms with Crippen LogP contribution in [-0.4, -0.2) is 17.2 Å². The summed E-state index contributed by atoms with van der Waals surface area (Å²) in [6.07, 6.45) is 0. The van der Waals surface area contributed by atoms with Crippen LogP contribution in [0.5, 0.6) is 5.75 Å². The molecule has 0 radical (unpaired) electrons. The van der Waals surface area contributed by atoms with Gasteiger partial charge in [-0.2, -0.15) is 0 Å². The van der Waals surface area contributed by atoms with Gasteiger partial charge in [0.05, 0.1) is 12.8 Å². The Kier molecular flexibility index (Phi) is 4.43. The second-order valence-electron chi connectivity index (χ2n) is 6.14. The number of rotatable bonds is 4. The molecular formula is C20H21NO2S. The van der Waals surface area contributed by atoms with Gasteiger partial charge in [-0.1, -0.05) is 24.3 Å². The van der Waals surface area contributed by atoms with E-state index in [1.165, 1.54) is 22.5 Å². The fourth-order valence-corrected chi connectivity index (χ4v) is 3.48. The lowest BCUT2D eigenvalue weighted by Crippen LogP contribution is -2.22. The van der Waals surface area contributed by atoms with Crippen LogP contribution in [0.15, 0.2) is 47.8 Å². The molecule has 1 atom stereocenters. The molecule has 0 spiro atoms. The molecule has 124 valence electrons. The Morgan fingerprint density at radius 1 is 1.04 bits per heavy atom. The summed E-state index contributed by atoms with van der Waals surface area (Å²) in [6, 6.07) is 13.7. The van der Waals surface area contributed by atoms with Crippen LogP contribution >= 0.6 is 11.3 Å². The standard InChI is InChI=1S/C20H21NO2S/c1-13-5-6-15(11-14(13)2)18-12-24-19(21-18)20(3,22)16-7-9-17(23-4)10-8-16/h5-12,22H,1-4H3. The Bertz CT molecular complexity index is 850. The Labute approximate surface area is 146 Å². The van der Waals surface area contributed by atoms with Crippen molar-refractivity contribution in [3.05, 3.63) is 69.5 Å². The smallest absolute Gasteiger partial charge is 0.138 e. The van der Waals surface area contributed by atoms with Crippen molar-refractivity contribution in [2.75, 3.05) is 7.11 Å². The summed E-state index contributed by atoms with van der Waals surface area (Å²) >= 11 is 1.47. The van der Waals surface area contributed by atoms with Crippen molar-refractivity contribution in [2.24, 2.45) is 0 Å². The van der Waals surface area contributed by atoms with Crippen molar-refractivity contribution in [1.82, 2.24) is 4.98 Å². The van der Waals surface area contributed by atoms with E-state index in [1.54, 1.807) is 14.0 Å². The molecule has 1 heterocycles. The molecule has 0 aliphatic carbocycles. The first-order chi connectivity index (χ1) is 11.4. The number of nitrogens with zero attached hydrogens (tertiary/aromatic N) is 1. The second kappa shape index (κ2) is 6.38. The molecule has 0 fully saturated rings. The minimum absolute atomic E-state index is 0.681. The number of aryl methyl sites for hydroxylation is 2. The van der Waals surface area contributed by atoms with Crippen LogP contribution in [0.4, 0.5) is 0 Å². The summed E-state index contributed by atoms with van der Waals surface area (Å²) in [5, 5.41) is 13.7. The molecule has 0 aliphatic rings. The topological polar surface area (TPSA) is 42.4 Å². The van der Waals surface area contributed by atoms with Crippen molar-refractivity contribution in [2.45, 2.75) is 26.4 Å². The van der Waals surface area contributed by atoms with E-state index in [4.69, 9.17) is 4.74 Å². The van der Waals surface area contributed by atoms with E-state index in [-0.39, 0.29) is 0 Å². The van der Waals surface area contributed by atoms with E-state index in [1.807, 2.05) is 29.6 Å². The molecule has 0 saturated heterocycles. The summed E-state index contributed by atoms with van der Waals surface area (Å²) < 4.78 is 5.18. The first kappa shape index (κ1) is 16.7. The largest absolute Gasteiger partial charge is 0.497 e. The molecule has 0 bridgehead atoms. The highest BCUT2D eigenvalue weighted by Gasteiger charge is 2.29. The third-order valence-corrected chi connectivity index (χ3v) is 5.43. The third-order valence-electron chi connectivity index (χ3n) is 4.38. The Morgan fingerprint density at radius 2 is 1.75 bits per heavy atom. The highest BCUT2D eigenvalue weighted by molar-refractivity contribution is 7.10. The maximum atomic E-state index is 11.0. The van der Waals surface area contributed by atoms with Gasteiger partial charge in [0, 0.05) is 10.9 Å². The van der Waals surface area contributed by atoms with Gasteiger partial charge in [-0.25, -0.2) is 4.98 Å². The molecule has 2 aromatic carbocycles. The first-order valence-corrected chi connectivity index (χ1v) is 8.70. The summed E-state index contributed by atoms with van der Waals surface area (Å²) in [5.74, 6) is 0.768. The van der Waals surface area contributed by atoms with Gasteiger partial charge in [-0.3, -0.25) is 0 Å². The van der Waals surface area contributed by atoms with Gasteiger partial charge in [0.25, 0.3) is 0 Å². The zero-order chi connectivity index (χ0) is 17.3. The van der Waals surface area contributed by atoms with E-state index in [2.05, 4.69) is 37.0 Å². The SMILES string of the molecule is COc1ccc(C(C)(O)c2nc(-c3ccc(C)c(C)c3)cs2)cc1. The summed E-state index contributed by atoms with van der Waals surface area (Å²) in [5.41, 5.74) is 4.14. The molecule has 1 N–H and O–H groups in total.